The molecule has 82 heavy (non-hydrogen) atoms. The van der Waals surface area contributed by atoms with Crippen LogP contribution in [0.15, 0.2) is 134 Å². The van der Waals surface area contributed by atoms with Gasteiger partial charge in [0.05, 0.1) is 0 Å². The second kappa shape index (κ2) is 69.0. The minimum atomic E-state index is -0.797. The van der Waals surface area contributed by atoms with E-state index in [1.807, 2.05) is 0 Å². The third kappa shape index (κ3) is 66.4. The number of allylic oxidation sites excluding steroid dienone is 22. The Hall–Kier alpha value is -4.45. The van der Waals surface area contributed by atoms with Gasteiger partial charge in [-0.05, 0) is 122 Å². The van der Waals surface area contributed by atoms with Crippen molar-refractivity contribution < 1.29 is 28.6 Å². The molecule has 0 saturated heterocycles. The number of hydrogen-bond acceptors (Lipinski definition) is 6. The first-order valence-electron chi connectivity index (χ1n) is 34.2. The van der Waals surface area contributed by atoms with Gasteiger partial charge in [0.1, 0.15) is 13.2 Å². The Morgan fingerprint density at radius 1 is 0.256 bits per heavy atom. The first-order chi connectivity index (χ1) is 40.5. The molecule has 0 aliphatic rings. The van der Waals surface area contributed by atoms with Crippen molar-refractivity contribution in [3.05, 3.63) is 134 Å². The van der Waals surface area contributed by atoms with Crippen molar-refractivity contribution in [1.29, 1.82) is 0 Å². The van der Waals surface area contributed by atoms with Crippen LogP contribution in [0.25, 0.3) is 0 Å². The SMILES string of the molecule is CC/C=C\C/C=C\C/C=C\C/C=C\C/C=C\C/C=C\C/C=C\C/C=C\C/C=C\C/C=C\CCCCC(=O)OCC(COC(=O)CCCCCCCC)OC(=O)CCCCCCCCCCCCCCC/C=C\CCCCCCCCCC. The van der Waals surface area contributed by atoms with E-state index in [9.17, 15) is 14.4 Å². The lowest BCUT2D eigenvalue weighted by molar-refractivity contribution is -0.167. The van der Waals surface area contributed by atoms with Crippen LogP contribution in [-0.4, -0.2) is 37.2 Å². The Labute approximate surface area is 506 Å². The molecule has 0 aliphatic heterocycles. The molecular formula is C76H126O6. The first-order valence-corrected chi connectivity index (χ1v) is 34.2. The van der Waals surface area contributed by atoms with Crippen LogP contribution in [0.1, 0.15) is 310 Å². The molecule has 0 bridgehead atoms. The van der Waals surface area contributed by atoms with Gasteiger partial charge in [-0.2, -0.15) is 0 Å². The monoisotopic (exact) mass is 1130 g/mol. The van der Waals surface area contributed by atoms with E-state index in [1.165, 1.54) is 148 Å². The fourth-order valence-corrected chi connectivity index (χ4v) is 9.29. The zero-order valence-corrected chi connectivity index (χ0v) is 53.5. The molecule has 1 atom stereocenters. The summed E-state index contributed by atoms with van der Waals surface area (Å²) in [6.07, 6.45) is 98.0. The quantitative estimate of drug-likeness (QED) is 0.0261. The van der Waals surface area contributed by atoms with Crippen LogP contribution < -0.4 is 0 Å². The van der Waals surface area contributed by atoms with Crippen molar-refractivity contribution in [2.45, 2.75) is 316 Å². The van der Waals surface area contributed by atoms with Crippen LogP contribution >= 0.6 is 0 Å². The summed E-state index contributed by atoms with van der Waals surface area (Å²) in [5.41, 5.74) is 0. The summed E-state index contributed by atoms with van der Waals surface area (Å²) in [6, 6.07) is 0. The fraction of sp³-hybridized carbons (Fsp3) is 0.671. The van der Waals surface area contributed by atoms with E-state index >= 15 is 0 Å². The van der Waals surface area contributed by atoms with Gasteiger partial charge in [-0.3, -0.25) is 14.4 Å². The van der Waals surface area contributed by atoms with Crippen molar-refractivity contribution in [1.82, 2.24) is 0 Å². The van der Waals surface area contributed by atoms with Gasteiger partial charge in [-0.1, -0.05) is 302 Å². The number of unbranched alkanes of at least 4 members (excludes halogenated alkanes) is 28. The molecular weight excluding hydrogens is 1010 g/mol. The van der Waals surface area contributed by atoms with Crippen molar-refractivity contribution in [3.63, 3.8) is 0 Å². The second-order valence-corrected chi connectivity index (χ2v) is 22.4. The topological polar surface area (TPSA) is 78.9 Å². The largest absolute Gasteiger partial charge is 0.462 e. The molecule has 0 amide bonds. The van der Waals surface area contributed by atoms with Crippen molar-refractivity contribution in [2.24, 2.45) is 0 Å². The Bertz CT molecular complexity index is 1730. The number of hydrogen-bond donors (Lipinski definition) is 0. The molecule has 6 nitrogen and oxygen atoms in total. The van der Waals surface area contributed by atoms with Crippen molar-refractivity contribution >= 4 is 17.9 Å². The molecule has 0 fully saturated rings. The molecule has 0 radical (unpaired) electrons. The van der Waals surface area contributed by atoms with Gasteiger partial charge in [0, 0.05) is 19.3 Å². The molecule has 0 N–H and O–H groups in total. The van der Waals surface area contributed by atoms with Crippen LogP contribution in [0, 0.1) is 0 Å². The van der Waals surface area contributed by atoms with Gasteiger partial charge in [0.2, 0.25) is 0 Å². The summed E-state index contributed by atoms with van der Waals surface area (Å²) in [5.74, 6) is -0.945. The van der Waals surface area contributed by atoms with Gasteiger partial charge < -0.3 is 14.2 Å². The summed E-state index contributed by atoms with van der Waals surface area (Å²) >= 11 is 0. The molecule has 0 heterocycles. The second-order valence-electron chi connectivity index (χ2n) is 22.4. The van der Waals surface area contributed by atoms with E-state index in [4.69, 9.17) is 14.2 Å². The molecule has 466 valence electrons. The molecule has 6 heteroatoms. The third-order valence-electron chi connectivity index (χ3n) is 14.4. The minimum Gasteiger partial charge on any atom is -0.462 e. The van der Waals surface area contributed by atoms with Gasteiger partial charge >= 0.3 is 17.9 Å². The van der Waals surface area contributed by atoms with Gasteiger partial charge in [-0.25, -0.2) is 0 Å². The molecule has 0 saturated carbocycles. The van der Waals surface area contributed by atoms with E-state index in [-0.39, 0.29) is 31.1 Å². The molecule has 0 aromatic carbocycles. The number of rotatable bonds is 61. The zero-order chi connectivity index (χ0) is 59.2. The number of esters is 3. The van der Waals surface area contributed by atoms with Crippen LogP contribution in [-0.2, 0) is 28.6 Å². The smallest absolute Gasteiger partial charge is 0.306 e. The maximum atomic E-state index is 12.9. The van der Waals surface area contributed by atoms with Gasteiger partial charge in [-0.15, -0.1) is 0 Å². The van der Waals surface area contributed by atoms with E-state index < -0.39 is 6.10 Å². The first kappa shape index (κ1) is 77.5. The minimum absolute atomic E-state index is 0.0933. The number of carbonyl (C=O) groups is 3. The average molecular weight is 1140 g/mol. The molecule has 0 rings (SSSR count). The Morgan fingerprint density at radius 3 is 0.780 bits per heavy atom. The van der Waals surface area contributed by atoms with Crippen molar-refractivity contribution in [2.75, 3.05) is 13.2 Å². The lowest BCUT2D eigenvalue weighted by atomic mass is 10.0. The Kier molecular flexibility index (Phi) is 65.3. The van der Waals surface area contributed by atoms with Crippen molar-refractivity contribution in [3.8, 4) is 0 Å². The van der Waals surface area contributed by atoms with Crippen LogP contribution in [0.2, 0.25) is 0 Å². The van der Waals surface area contributed by atoms with Crippen LogP contribution in [0.5, 0.6) is 0 Å². The summed E-state index contributed by atoms with van der Waals surface area (Å²) in [6.45, 7) is 6.45. The number of ether oxygens (including phenoxy) is 3. The average Bonchev–Trinajstić information content (AvgIpc) is 3.47. The highest BCUT2D eigenvalue weighted by atomic mass is 16.6. The fourth-order valence-electron chi connectivity index (χ4n) is 9.29. The lowest BCUT2D eigenvalue weighted by Gasteiger charge is -2.18. The van der Waals surface area contributed by atoms with E-state index in [1.54, 1.807) is 0 Å². The summed E-state index contributed by atoms with van der Waals surface area (Å²) < 4.78 is 16.8. The molecule has 0 spiro atoms. The van der Waals surface area contributed by atoms with E-state index in [0.717, 1.165) is 122 Å². The molecule has 0 aromatic heterocycles. The van der Waals surface area contributed by atoms with E-state index in [2.05, 4.69) is 154 Å². The normalized spacial score (nSPS) is 13.0. The Morgan fingerprint density at radius 2 is 0.476 bits per heavy atom. The van der Waals surface area contributed by atoms with Crippen LogP contribution in [0.3, 0.4) is 0 Å². The lowest BCUT2D eigenvalue weighted by Crippen LogP contribution is -2.30. The molecule has 0 aliphatic carbocycles. The highest BCUT2D eigenvalue weighted by molar-refractivity contribution is 5.71. The van der Waals surface area contributed by atoms with Crippen LogP contribution in [0.4, 0.5) is 0 Å². The maximum Gasteiger partial charge on any atom is 0.306 e. The predicted molar refractivity (Wildman–Crippen MR) is 357 cm³/mol. The summed E-state index contributed by atoms with van der Waals surface area (Å²) in [5, 5.41) is 0. The number of carbonyl (C=O) groups excluding carboxylic acids is 3. The maximum absolute atomic E-state index is 12.9. The van der Waals surface area contributed by atoms with Gasteiger partial charge in [0.15, 0.2) is 6.10 Å². The standard InChI is InChI=1S/C76H126O6/c1-4-7-10-13-16-18-20-22-24-26-28-30-32-34-35-36-37-38-39-40-41-43-44-46-48-50-52-54-56-58-60-63-66-69-75(78)81-72-73(71-80-74(77)68-65-62-15-12-9-6-3)82-76(79)70-67-64-61-59-57-55-53-51-49-47-45-42-33-31-29-27-25-23-21-19-17-14-11-8-5-2/h7,10,16,18,22,24,27-30,34-35,37-38,40-41,44,46,50,52,56,58,73H,4-6,8-9,11-15,17,19-21,23,25-26,31-33,36,39,42-43,45,47-49,51,53-55,57,59-72H2,1-3H3/b10-7-,18-16-,24-22-,29-27-,30-28-,35-34-,38-37-,41-40-,46-44-,52-50-,58-56-. The van der Waals surface area contributed by atoms with E-state index in [0.29, 0.717) is 19.3 Å². The zero-order valence-electron chi connectivity index (χ0n) is 53.5. The molecule has 0 aromatic rings. The third-order valence-corrected chi connectivity index (χ3v) is 14.4. The highest BCUT2D eigenvalue weighted by Crippen LogP contribution is 2.16. The summed E-state index contributed by atoms with van der Waals surface area (Å²) in [4.78, 5) is 38.1. The molecule has 1 unspecified atom stereocenters. The Balaban J connectivity index is 4.18. The predicted octanol–water partition coefficient (Wildman–Crippen LogP) is 23.7. The summed E-state index contributed by atoms with van der Waals surface area (Å²) in [7, 11) is 0. The van der Waals surface area contributed by atoms with Gasteiger partial charge in [0.25, 0.3) is 0 Å². The highest BCUT2D eigenvalue weighted by Gasteiger charge is 2.19.